The molecule has 5 atom stereocenters. The first kappa shape index (κ1) is 19.3. The van der Waals surface area contributed by atoms with Crippen LogP contribution in [0.2, 0.25) is 0 Å². The Morgan fingerprint density at radius 1 is 1.21 bits per heavy atom. The molecule has 0 aromatic heterocycles. The van der Waals surface area contributed by atoms with Crippen LogP contribution in [0.4, 0.5) is 0 Å². The molecule has 3 heterocycles. The van der Waals surface area contributed by atoms with Crippen LogP contribution < -0.4 is 5.32 Å². The van der Waals surface area contributed by atoms with Crippen molar-refractivity contribution in [1.82, 2.24) is 15.1 Å². The molecule has 28 heavy (non-hydrogen) atoms. The lowest BCUT2D eigenvalue weighted by Gasteiger charge is -2.42. The van der Waals surface area contributed by atoms with Crippen molar-refractivity contribution in [2.75, 3.05) is 13.1 Å². The maximum Gasteiger partial charge on any atom is 0.317 e. The van der Waals surface area contributed by atoms with Crippen LogP contribution in [0.15, 0.2) is 0 Å². The number of carbonyl (C=O) groups is 4. The average Bonchev–Trinajstić information content (AvgIpc) is 3.29. The van der Waals surface area contributed by atoms with E-state index in [1.807, 2.05) is 11.8 Å². The van der Waals surface area contributed by atoms with Crippen molar-refractivity contribution >= 4 is 23.7 Å². The number of likely N-dealkylation sites (N-methyl/N-ethyl adjacent to an activating group) is 1. The molecule has 9 nitrogen and oxygen atoms in total. The van der Waals surface area contributed by atoms with Crippen molar-refractivity contribution in [3.05, 3.63) is 0 Å². The minimum absolute atomic E-state index is 0.0117. The van der Waals surface area contributed by atoms with Crippen LogP contribution in [0.25, 0.3) is 0 Å². The number of likely N-dealkylation sites (tertiary alicyclic amines) is 1. The molecule has 5 unspecified atom stereocenters. The largest absolute Gasteiger partial charge is 0.480 e. The summed E-state index contributed by atoms with van der Waals surface area (Å²) in [4.78, 5) is 52.1. The molecule has 2 N–H and O–H groups in total. The highest BCUT2D eigenvalue weighted by Gasteiger charge is 2.63. The van der Waals surface area contributed by atoms with E-state index in [9.17, 15) is 19.2 Å². The van der Waals surface area contributed by atoms with Crippen LogP contribution in [-0.2, 0) is 23.9 Å². The second-order valence-electron chi connectivity index (χ2n) is 8.35. The van der Waals surface area contributed by atoms with Gasteiger partial charge >= 0.3 is 5.97 Å². The number of carboxylic acid groups (broad SMARTS) is 1. The molecule has 0 radical (unpaired) electrons. The van der Waals surface area contributed by atoms with E-state index in [0.717, 1.165) is 17.7 Å². The highest BCUT2D eigenvalue weighted by Crippen LogP contribution is 2.48. The van der Waals surface area contributed by atoms with Gasteiger partial charge in [-0.3, -0.25) is 29.0 Å². The second-order valence-corrected chi connectivity index (χ2v) is 8.35. The zero-order chi connectivity index (χ0) is 20.2. The minimum Gasteiger partial charge on any atom is -0.480 e. The Balaban J connectivity index is 1.32. The summed E-state index contributed by atoms with van der Waals surface area (Å²) in [5.74, 6) is -2.62. The Hall–Kier alpha value is -2.00. The molecule has 0 spiro atoms. The molecule has 9 heteroatoms. The number of ether oxygens (including phenoxy) is 1. The summed E-state index contributed by atoms with van der Waals surface area (Å²) in [5, 5.41) is 11.9. The van der Waals surface area contributed by atoms with Gasteiger partial charge in [-0.05, 0) is 39.2 Å². The quantitative estimate of drug-likeness (QED) is 0.565. The van der Waals surface area contributed by atoms with Gasteiger partial charge in [-0.1, -0.05) is 6.92 Å². The molecule has 3 amide bonds. The van der Waals surface area contributed by atoms with E-state index in [2.05, 4.69) is 5.32 Å². The van der Waals surface area contributed by atoms with Crippen molar-refractivity contribution in [2.45, 2.75) is 69.9 Å². The number of carboxylic acids is 1. The van der Waals surface area contributed by atoms with Crippen LogP contribution in [0.5, 0.6) is 0 Å². The third-order valence-electron chi connectivity index (χ3n) is 6.81. The SMILES string of the molecule is CCN(CC(=O)O)C1CC(NC(=O)C(C)N2C(=O)C3C4CCC(O4)C3C2=O)C1. The van der Waals surface area contributed by atoms with E-state index < -0.39 is 23.8 Å². The second kappa shape index (κ2) is 7.11. The molecule has 1 aliphatic carbocycles. The molecule has 2 bridgehead atoms. The van der Waals surface area contributed by atoms with Gasteiger partial charge in [-0.2, -0.15) is 0 Å². The summed E-state index contributed by atoms with van der Waals surface area (Å²) in [6, 6.07) is -0.774. The number of nitrogens with zero attached hydrogens (tertiary/aromatic N) is 2. The Morgan fingerprint density at radius 2 is 1.79 bits per heavy atom. The van der Waals surface area contributed by atoms with Gasteiger partial charge in [0.1, 0.15) is 6.04 Å². The lowest BCUT2D eigenvalue weighted by atomic mass is 9.81. The average molecular weight is 393 g/mol. The fourth-order valence-electron chi connectivity index (χ4n) is 5.23. The molecular weight excluding hydrogens is 366 g/mol. The number of imide groups is 1. The molecule has 0 aromatic rings. The molecule has 4 rings (SSSR count). The van der Waals surface area contributed by atoms with Gasteiger partial charge in [0.05, 0.1) is 30.6 Å². The van der Waals surface area contributed by atoms with Gasteiger partial charge in [-0.15, -0.1) is 0 Å². The van der Waals surface area contributed by atoms with E-state index in [-0.39, 0.29) is 48.6 Å². The van der Waals surface area contributed by atoms with Crippen molar-refractivity contribution in [2.24, 2.45) is 11.8 Å². The summed E-state index contributed by atoms with van der Waals surface area (Å²) in [7, 11) is 0. The minimum atomic E-state index is -0.863. The Morgan fingerprint density at radius 3 is 2.29 bits per heavy atom. The fourth-order valence-corrected chi connectivity index (χ4v) is 5.23. The topological polar surface area (TPSA) is 116 Å². The Labute approximate surface area is 163 Å². The third kappa shape index (κ3) is 3.00. The van der Waals surface area contributed by atoms with Gasteiger partial charge < -0.3 is 15.2 Å². The number of aliphatic carboxylic acids is 1. The lowest BCUT2D eigenvalue weighted by Crippen LogP contribution is -2.58. The summed E-state index contributed by atoms with van der Waals surface area (Å²) in [5.41, 5.74) is 0. The number of rotatable bonds is 7. The number of amides is 3. The summed E-state index contributed by atoms with van der Waals surface area (Å²) in [6.45, 7) is 4.13. The number of carbonyl (C=O) groups excluding carboxylic acids is 3. The molecule has 1 saturated carbocycles. The van der Waals surface area contributed by atoms with E-state index in [4.69, 9.17) is 9.84 Å². The van der Waals surface area contributed by atoms with Gasteiger partial charge in [0.25, 0.3) is 0 Å². The smallest absolute Gasteiger partial charge is 0.317 e. The lowest BCUT2D eigenvalue weighted by molar-refractivity contribution is -0.150. The summed E-state index contributed by atoms with van der Waals surface area (Å²) >= 11 is 0. The predicted octanol–water partition coefficient (Wildman–Crippen LogP) is -0.409. The standard InChI is InChI=1S/C19H27N3O6/c1-3-21(8-14(23)24)11-6-10(7-11)20-17(25)9(2)22-18(26)15-12-4-5-13(28-12)16(15)19(22)27/h9-13,15-16H,3-8H2,1-2H3,(H,20,25)(H,23,24). The zero-order valence-corrected chi connectivity index (χ0v) is 16.2. The number of hydrogen-bond acceptors (Lipinski definition) is 6. The third-order valence-corrected chi connectivity index (χ3v) is 6.81. The van der Waals surface area contributed by atoms with Gasteiger partial charge in [-0.25, -0.2) is 0 Å². The highest BCUT2D eigenvalue weighted by molar-refractivity contribution is 6.09. The van der Waals surface area contributed by atoms with Crippen molar-refractivity contribution < 1.29 is 29.0 Å². The van der Waals surface area contributed by atoms with Crippen LogP contribution in [-0.4, -0.2) is 82.0 Å². The van der Waals surface area contributed by atoms with Gasteiger partial charge in [0, 0.05) is 12.1 Å². The normalized spacial score (nSPS) is 37.2. The highest BCUT2D eigenvalue weighted by atomic mass is 16.5. The van der Waals surface area contributed by atoms with E-state index in [1.54, 1.807) is 6.92 Å². The van der Waals surface area contributed by atoms with Gasteiger partial charge in [0.15, 0.2) is 0 Å². The molecular formula is C19H27N3O6. The maximum absolute atomic E-state index is 12.8. The van der Waals surface area contributed by atoms with Crippen LogP contribution in [0, 0.1) is 11.8 Å². The Kier molecular flexibility index (Phi) is 4.91. The molecule has 3 saturated heterocycles. The van der Waals surface area contributed by atoms with Crippen LogP contribution in [0.3, 0.4) is 0 Å². The number of fused-ring (bicyclic) bond motifs is 5. The molecule has 0 aromatic carbocycles. The monoisotopic (exact) mass is 393 g/mol. The number of nitrogens with one attached hydrogen (secondary N) is 1. The summed E-state index contributed by atoms with van der Waals surface area (Å²) < 4.78 is 5.72. The Bertz CT molecular complexity index is 678. The van der Waals surface area contributed by atoms with E-state index in [0.29, 0.717) is 19.4 Å². The first-order chi connectivity index (χ1) is 13.3. The fraction of sp³-hybridized carbons (Fsp3) is 0.789. The van der Waals surface area contributed by atoms with E-state index in [1.165, 1.54) is 0 Å². The van der Waals surface area contributed by atoms with Gasteiger partial charge in [0.2, 0.25) is 17.7 Å². The van der Waals surface area contributed by atoms with Crippen LogP contribution >= 0.6 is 0 Å². The summed E-state index contributed by atoms with van der Waals surface area (Å²) in [6.07, 6.45) is 2.57. The zero-order valence-electron chi connectivity index (χ0n) is 16.2. The maximum atomic E-state index is 12.8. The first-order valence-electron chi connectivity index (χ1n) is 10.1. The molecule has 3 aliphatic heterocycles. The number of hydrogen-bond donors (Lipinski definition) is 2. The van der Waals surface area contributed by atoms with E-state index >= 15 is 0 Å². The van der Waals surface area contributed by atoms with Crippen molar-refractivity contribution in [1.29, 1.82) is 0 Å². The predicted molar refractivity (Wildman–Crippen MR) is 96.0 cm³/mol. The molecule has 4 aliphatic rings. The first-order valence-corrected chi connectivity index (χ1v) is 10.1. The van der Waals surface area contributed by atoms with Crippen LogP contribution in [0.1, 0.15) is 39.5 Å². The van der Waals surface area contributed by atoms with Crippen molar-refractivity contribution in [3.63, 3.8) is 0 Å². The van der Waals surface area contributed by atoms with Crippen molar-refractivity contribution in [3.8, 4) is 0 Å². The molecule has 154 valence electrons. The molecule has 4 fully saturated rings.